The van der Waals surface area contributed by atoms with Gasteiger partial charge in [-0.3, -0.25) is 4.79 Å². The predicted molar refractivity (Wildman–Crippen MR) is 94.8 cm³/mol. The molecule has 0 radical (unpaired) electrons. The fourth-order valence-electron chi connectivity index (χ4n) is 2.46. The minimum absolute atomic E-state index is 0.0429. The SMILES string of the molecule is CN(C)[C@H](CNC(=O)c1ccc(S(=O)(=O)C(F)F)cc1)c1ccccc1. The van der Waals surface area contributed by atoms with Crippen molar-refractivity contribution in [3.63, 3.8) is 0 Å². The highest BCUT2D eigenvalue weighted by Gasteiger charge is 2.26. The molecule has 1 N–H and O–H groups in total. The Bertz CT molecular complexity index is 838. The number of carbonyl (C=O) groups excluding carboxylic acids is 1. The summed E-state index contributed by atoms with van der Waals surface area (Å²) in [5.74, 6) is -3.90. The lowest BCUT2D eigenvalue weighted by Crippen LogP contribution is -2.34. The largest absolute Gasteiger partial charge is 0.350 e. The molecule has 0 aliphatic rings. The predicted octanol–water partition coefficient (Wildman–Crippen LogP) is 2.72. The van der Waals surface area contributed by atoms with Crippen LogP contribution in [0.5, 0.6) is 0 Å². The molecule has 26 heavy (non-hydrogen) atoms. The van der Waals surface area contributed by atoms with Gasteiger partial charge in [0.1, 0.15) is 0 Å². The fraction of sp³-hybridized carbons (Fsp3) is 0.278. The molecule has 0 heterocycles. The van der Waals surface area contributed by atoms with Crippen LogP contribution in [-0.4, -0.2) is 45.6 Å². The normalized spacial score (nSPS) is 13.0. The summed E-state index contributed by atoms with van der Waals surface area (Å²) in [4.78, 5) is 13.7. The van der Waals surface area contributed by atoms with Crippen molar-refractivity contribution in [2.75, 3.05) is 20.6 Å². The van der Waals surface area contributed by atoms with Gasteiger partial charge in [0.15, 0.2) is 0 Å². The quantitative estimate of drug-likeness (QED) is 0.800. The van der Waals surface area contributed by atoms with Crippen LogP contribution in [0.25, 0.3) is 0 Å². The molecule has 8 heteroatoms. The molecule has 0 aromatic heterocycles. The van der Waals surface area contributed by atoms with Gasteiger partial charge in [-0.15, -0.1) is 0 Å². The summed E-state index contributed by atoms with van der Waals surface area (Å²) in [6.45, 7) is 0.340. The Morgan fingerprint density at radius 2 is 1.62 bits per heavy atom. The number of alkyl halides is 2. The average molecular weight is 382 g/mol. The van der Waals surface area contributed by atoms with Crippen molar-refractivity contribution in [1.82, 2.24) is 10.2 Å². The first-order valence-corrected chi connectivity index (χ1v) is 9.40. The van der Waals surface area contributed by atoms with E-state index in [0.29, 0.717) is 6.54 Å². The van der Waals surface area contributed by atoms with Crippen LogP contribution >= 0.6 is 0 Å². The molecule has 0 fully saturated rings. The first-order chi connectivity index (χ1) is 12.2. The van der Waals surface area contributed by atoms with E-state index in [0.717, 1.165) is 17.7 Å². The molecule has 0 spiro atoms. The summed E-state index contributed by atoms with van der Waals surface area (Å²) < 4.78 is 47.9. The lowest BCUT2D eigenvalue weighted by atomic mass is 10.1. The van der Waals surface area contributed by atoms with E-state index in [1.54, 1.807) is 0 Å². The Morgan fingerprint density at radius 1 is 1.04 bits per heavy atom. The van der Waals surface area contributed by atoms with Crippen LogP contribution in [0.2, 0.25) is 0 Å². The second kappa shape index (κ2) is 8.37. The van der Waals surface area contributed by atoms with E-state index in [1.807, 2.05) is 49.3 Å². The summed E-state index contributed by atoms with van der Waals surface area (Å²) >= 11 is 0. The van der Waals surface area contributed by atoms with Crippen molar-refractivity contribution in [2.45, 2.75) is 16.7 Å². The van der Waals surface area contributed by atoms with Gasteiger partial charge in [0, 0.05) is 12.1 Å². The molecule has 140 valence electrons. The lowest BCUT2D eigenvalue weighted by Gasteiger charge is -2.25. The van der Waals surface area contributed by atoms with Crippen LogP contribution in [0.1, 0.15) is 22.0 Å². The molecule has 2 aromatic rings. The zero-order valence-electron chi connectivity index (χ0n) is 14.4. The van der Waals surface area contributed by atoms with Gasteiger partial charge < -0.3 is 10.2 Å². The Kier molecular flexibility index (Phi) is 6.44. The number of hydrogen-bond donors (Lipinski definition) is 1. The highest BCUT2D eigenvalue weighted by molar-refractivity contribution is 7.91. The third-order valence-electron chi connectivity index (χ3n) is 3.94. The van der Waals surface area contributed by atoms with E-state index >= 15 is 0 Å². The summed E-state index contributed by atoms with van der Waals surface area (Å²) in [7, 11) is -0.871. The molecule has 1 amide bonds. The molecule has 2 rings (SSSR count). The van der Waals surface area contributed by atoms with Crippen molar-refractivity contribution in [3.05, 3.63) is 65.7 Å². The number of halogens is 2. The van der Waals surface area contributed by atoms with E-state index in [2.05, 4.69) is 5.32 Å². The first-order valence-electron chi connectivity index (χ1n) is 7.85. The van der Waals surface area contributed by atoms with Crippen molar-refractivity contribution < 1.29 is 22.0 Å². The number of carbonyl (C=O) groups is 1. The number of benzene rings is 2. The van der Waals surface area contributed by atoms with Crippen LogP contribution in [0.4, 0.5) is 8.78 Å². The fourth-order valence-corrected chi connectivity index (χ4v) is 3.19. The number of sulfone groups is 1. The summed E-state index contributed by atoms with van der Waals surface area (Å²) in [6, 6.07) is 14.1. The zero-order valence-corrected chi connectivity index (χ0v) is 15.2. The van der Waals surface area contributed by atoms with Crippen LogP contribution in [0.3, 0.4) is 0 Å². The van der Waals surface area contributed by atoms with Gasteiger partial charge in [0.25, 0.3) is 5.91 Å². The monoisotopic (exact) mass is 382 g/mol. The Balaban J connectivity index is 2.08. The van der Waals surface area contributed by atoms with Crippen molar-refractivity contribution in [1.29, 1.82) is 0 Å². The molecule has 0 saturated heterocycles. The van der Waals surface area contributed by atoms with Gasteiger partial charge in [-0.25, -0.2) is 8.42 Å². The van der Waals surface area contributed by atoms with Gasteiger partial charge >= 0.3 is 5.76 Å². The number of amides is 1. The maximum absolute atomic E-state index is 12.5. The number of likely N-dealkylation sites (N-methyl/N-ethyl adjacent to an activating group) is 1. The minimum atomic E-state index is -4.66. The standard InChI is InChI=1S/C18H20F2N2O3S/c1-22(2)16(13-6-4-3-5-7-13)12-21-17(23)14-8-10-15(11-9-14)26(24,25)18(19)20/h3-11,16,18H,12H2,1-2H3,(H,21,23)/t16-/m1/s1. The highest BCUT2D eigenvalue weighted by Crippen LogP contribution is 2.19. The molecular formula is C18H20F2N2O3S. The Morgan fingerprint density at radius 3 is 2.12 bits per heavy atom. The van der Waals surface area contributed by atoms with E-state index in [4.69, 9.17) is 0 Å². The van der Waals surface area contributed by atoms with Gasteiger partial charge in [-0.05, 0) is 43.9 Å². The molecule has 0 unspecified atom stereocenters. The molecule has 2 aromatic carbocycles. The summed E-state index contributed by atoms with van der Waals surface area (Å²) in [6.07, 6.45) is 0. The lowest BCUT2D eigenvalue weighted by molar-refractivity contribution is 0.0942. The molecule has 5 nitrogen and oxygen atoms in total. The molecule has 0 bridgehead atoms. The maximum Gasteiger partial charge on any atom is 0.341 e. The average Bonchev–Trinajstić information content (AvgIpc) is 2.62. The molecule has 0 aliphatic heterocycles. The molecule has 0 saturated carbocycles. The van der Waals surface area contributed by atoms with Gasteiger partial charge in [0.2, 0.25) is 9.84 Å². The zero-order chi connectivity index (χ0) is 19.3. The smallest absolute Gasteiger partial charge is 0.341 e. The maximum atomic E-state index is 12.5. The van der Waals surface area contributed by atoms with Gasteiger partial charge in [-0.2, -0.15) is 8.78 Å². The summed E-state index contributed by atoms with van der Waals surface area (Å²) in [5.41, 5.74) is 1.24. The number of hydrogen-bond acceptors (Lipinski definition) is 4. The van der Waals surface area contributed by atoms with Gasteiger partial charge in [-0.1, -0.05) is 30.3 Å². The summed E-state index contributed by atoms with van der Waals surface area (Å²) in [5, 5.41) is 2.78. The van der Waals surface area contributed by atoms with Crippen molar-refractivity contribution in [2.24, 2.45) is 0 Å². The third-order valence-corrected chi connectivity index (χ3v) is 5.34. The van der Waals surface area contributed by atoms with E-state index in [-0.39, 0.29) is 11.6 Å². The molecular weight excluding hydrogens is 362 g/mol. The topological polar surface area (TPSA) is 66.5 Å². The number of nitrogens with one attached hydrogen (secondary N) is 1. The second-order valence-electron chi connectivity index (χ2n) is 5.93. The van der Waals surface area contributed by atoms with E-state index in [1.165, 1.54) is 12.1 Å². The van der Waals surface area contributed by atoms with Crippen LogP contribution in [-0.2, 0) is 9.84 Å². The van der Waals surface area contributed by atoms with E-state index < -0.39 is 26.4 Å². The minimum Gasteiger partial charge on any atom is -0.350 e. The van der Waals surface area contributed by atoms with Crippen LogP contribution in [0, 0.1) is 0 Å². The second-order valence-corrected chi connectivity index (χ2v) is 7.85. The van der Waals surface area contributed by atoms with Crippen molar-refractivity contribution in [3.8, 4) is 0 Å². The highest BCUT2D eigenvalue weighted by atomic mass is 32.2. The number of nitrogens with zero attached hydrogens (tertiary/aromatic N) is 1. The van der Waals surface area contributed by atoms with Crippen LogP contribution in [0.15, 0.2) is 59.5 Å². The van der Waals surface area contributed by atoms with Crippen molar-refractivity contribution >= 4 is 15.7 Å². The third kappa shape index (κ3) is 4.64. The molecule has 1 atom stereocenters. The van der Waals surface area contributed by atoms with Crippen LogP contribution < -0.4 is 5.32 Å². The van der Waals surface area contributed by atoms with Gasteiger partial charge in [0.05, 0.1) is 10.9 Å². The number of rotatable bonds is 7. The van der Waals surface area contributed by atoms with E-state index in [9.17, 15) is 22.0 Å². The first kappa shape index (κ1) is 20.0. The Labute approximate surface area is 151 Å². The molecule has 0 aliphatic carbocycles. The Hall–Kier alpha value is -2.32.